The van der Waals surface area contributed by atoms with Gasteiger partial charge < -0.3 is 15.2 Å². The standard InChI is InChI=1S/C23H25NO3.ClH/c1-14-6-8-15(9-7-14)22-11-10-17(20-16(22)4-3-5-18(20)27-2)23(21(25)26)13-24-12-19(22)23;/h3-9,17,19,24H,10-13H2,1-2H3,(H,25,26);1H. The van der Waals surface area contributed by atoms with E-state index < -0.39 is 11.4 Å². The van der Waals surface area contributed by atoms with Gasteiger partial charge in [-0.2, -0.15) is 0 Å². The average Bonchev–Trinajstić information content (AvgIpc) is 3.16. The van der Waals surface area contributed by atoms with Gasteiger partial charge in [-0.1, -0.05) is 42.0 Å². The highest BCUT2D eigenvalue weighted by Crippen LogP contribution is 2.69. The second-order valence-electron chi connectivity index (χ2n) is 8.38. The molecule has 4 unspecified atom stereocenters. The Morgan fingerprint density at radius 3 is 2.64 bits per heavy atom. The van der Waals surface area contributed by atoms with Gasteiger partial charge in [0.15, 0.2) is 0 Å². The summed E-state index contributed by atoms with van der Waals surface area (Å²) in [5.41, 5.74) is 3.79. The molecular formula is C23H26ClNO3. The van der Waals surface area contributed by atoms with Crippen LogP contribution in [-0.4, -0.2) is 31.3 Å². The van der Waals surface area contributed by atoms with E-state index in [9.17, 15) is 9.90 Å². The molecule has 6 rings (SSSR count). The summed E-state index contributed by atoms with van der Waals surface area (Å²) in [7, 11) is 1.69. The smallest absolute Gasteiger partial charge is 0.311 e. The molecule has 1 saturated heterocycles. The number of carboxylic acid groups (broad SMARTS) is 1. The Hall–Kier alpha value is -2.04. The van der Waals surface area contributed by atoms with Gasteiger partial charge >= 0.3 is 5.97 Å². The van der Waals surface area contributed by atoms with E-state index in [1.165, 1.54) is 16.7 Å². The van der Waals surface area contributed by atoms with Crippen molar-refractivity contribution in [2.24, 2.45) is 11.3 Å². The molecule has 4 nitrogen and oxygen atoms in total. The van der Waals surface area contributed by atoms with Crippen LogP contribution in [0.3, 0.4) is 0 Å². The predicted molar refractivity (Wildman–Crippen MR) is 111 cm³/mol. The molecule has 0 aromatic heterocycles. The lowest BCUT2D eigenvalue weighted by Crippen LogP contribution is -2.60. The van der Waals surface area contributed by atoms with Crippen molar-refractivity contribution in [2.45, 2.75) is 31.1 Å². The highest BCUT2D eigenvalue weighted by molar-refractivity contribution is 5.85. The highest BCUT2D eigenvalue weighted by atomic mass is 35.5. The quantitative estimate of drug-likeness (QED) is 0.822. The van der Waals surface area contributed by atoms with Crippen molar-refractivity contribution in [3.05, 3.63) is 64.7 Å². The van der Waals surface area contributed by atoms with Crippen LogP contribution in [0.4, 0.5) is 0 Å². The first-order valence-corrected chi connectivity index (χ1v) is 9.74. The Labute approximate surface area is 171 Å². The van der Waals surface area contributed by atoms with E-state index in [4.69, 9.17) is 4.74 Å². The van der Waals surface area contributed by atoms with E-state index in [-0.39, 0.29) is 29.7 Å². The number of aliphatic carboxylic acids is 1. The van der Waals surface area contributed by atoms with Crippen LogP contribution in [0.5, 0.6) is 5.75 Å². The second kappa shape index (κ2) is 6.50. The highest BCUT2D eigenvalue weighted by Gasteiger charge is 2.69. The molecule has 2 aromatic rings. The molecule has 2 fully saturated rings. The second-order valence-corrected chi connectivity index (χ2v) is 8.38. The van der Waals surface area contributed by atoms with E-state index in [0.717, 1.165) is 30.7 Å². The van der Waals surface area contributed by atoms with Gasteiger partial charge in [0, 0.05) is 35.9 Å². The zero-order chi connectivity index (χ0) is 18.8. The van der Waals surface area contributed by atoms with Crippen molar-refractivity contribution in [1.82, 2.24) is 5.32 Å². The topological polar surface area (TPSA) is 58.6 Å². The number of aryl methyl sites for hydroxylation is 1. The summed E-state index contributed by atoms with van der Waals surface area (Å²) in [6.07, 6.45) is 1.87. The van der Waals surface area contributed by atoms with Crippen molar-refractivity contribution in [1.29, 1.82) is 0 Å². The molecule has 0 amide bonds. The molecule has 5 heteroatoms. The molecule has 1 saturated carbocycles. The summed E-state index contributed by atoms with van der Waals surface area (Å²) in [5, 5.41) is 13.9. The lowest BCUT2D eigenvalue weighted by atomic mass is 9.42. The van der Waals surface area contributed by atoms with Crippen LogP contribution in [0.25, 0.3) is 0 Å². The van der Waals surface area contributed by atoms with Crippen LogP contribution in [-0.2, 0) is 10.2 Å². The third-order valence-corrected chi connectivity index (χ3v) is 7.51. The molecule has 4 atom stereocenters. The molecule has 2 N–H and O–H groups in total. The number of halogens is 1. The number of methoxy groups -OCH3 is 1. The molecule has 1 heterocycles. The maximum absolute atomic E-state index is 12.7. The normalized spacial score (nSPS) is 32.2. The number of hydrogen-bond acceptors (Lipinski definition) is 3. The lowest BCUT2D eigenvalue weighted by molar-refractivity contribution is -0.157. The number of fused-ring (bicyclic) bond motifs is 1. The minimum atomic E-state index is -0.773. The fourth-order valence-electron chi connectivity index (χ4n) is 6.43. The molecule has 4 aliphatic rings. The Bertz CT molecular complexity index is 928. The van der Waals surface area contributed by atoms with Crippen LogP contribution >= 0.6 is 12.4 Å². The number of hydrogen-bond donors (Lipinski definition) is 2. The summed E-state index contributed by atoms with van der Waals surface area (Å²) < 4.78 is 5.73. The van der Waals surface area contributed by atoms with Gasteiger partial charge in [0.2, 0.25) is 0 Å². The van der Waals surface area contributed by atoms with Crippen LogP contribution in [0.1, 0.15) is 41.0 Å². The molecule has 0 spiro atoms. The van der Waals surface area contributed by atoms with Crippen LogP contribution in [0.2, 0.25) is 0 Å². The first-order valence-electron chi connectivity index (χ1n) is 9.74. The van der Waals surface area contributed by atoms with Gasteiger partial charge in [0.05, 0.1) is 12.5 Å². The van der Waals surface area contributed by atoms with Gasteiger partial charge in [-0.25, -0.2) is 0 Å². The van der Waals surface area contributed by atoms with Gasteiger partial charge in [0.1, 0.15) is 5.75 Å². The van der Waals surface area contributed by atoms with Gasteiger partial charge in [-0.3, -0.25) is 4.79 Å². The van der Waals surface area contributed by atoms with E-state index in [1.54, 1.807) is 7.11 Å². The molecule has 0 radical (unpaired) electrons. The van der Waals surface area contributed by atoms with E-state index in [0.29, 0.717) is 6.54 Å². The monoisotopic (exact) mass is 399 g/mol. The maximum atomic E-state index is 12.7. The predicted octanol–water partition coefficient (Wildman–Crippen LogP) is 3.89. The van der Waals surface area contributed by atoms with Crippen LogP contribution in [0, 0.1) is 18.3 Å². The summed E-state index contributed by atoms with van der Waals surface area (Å²) in [4.78, 5) is 12.7. The summed E-state index contributed by atoms with van der Waals surface area (Å²) in [6.45, 7) is 3.37. The molecule has 2 aromatic carbocycles. The van der Waals surface area contributed by atoms with Crippen molar-refractivity contribution < 1.29 is 14.6 Å². The number of nitrogens with one attached hydrogen (secondary N) is 1. The molecular weight excluding hydrogens is 374 g/mol. The first kappa shape index (κ1) is 19.3. The minimum Gasteiger partial charge on any atom is -0.496 e. The Morgan fingerprint density at radius 1 is 1.21 bits per heavy atom. The van der Waals surface area contributed by atoms with Crippen molar-refractivity contribution in [3.8, 4) is 5.75 Å². The Morgan fingerprint density at radius 2 is 1.96 bits per heavy atom. The minimum absolute atomic E-state index is 0. The number of carbonyl (C=O) groups is 1. The molecule has 148 valence electrons. The molecule has 2 bridgehead atoms. The molecule has 3 aliphatic carbocycles. The number of rotatable bonds is 3. The number of carboxylic acids is 1. The zero-order valence-corrected chi connectivity index (χ0v) is 17.0. The fourth-order valence-corrected chi connectivity index (χ4v) is 6.43. The summed E-state index contributed by atoms with van der Waals surface area (Å²) in [5.74, 6) is 0.201. The maximum Gasteiger partial charge on any atom is 0.311 e. The van der Waals surface area contributed by atoms with Gasteiger partial charge in [-0.05, 0) is 37.0 Å². The third kappa shape index (κ3) is 2.13. The number of benzene rings is 2. The van der Waals surface area contributed by atoms with Crippen molar-refractivity contribution in [2.75, 3.05) is 20.2 Å². The third-order valence-electron chi connectivity index (χ3n) is 7.51. The van der Waals surface area contributed by atoms with E-state index in [2.05, 4.69) is 48.6 Å². The Balaban J connectivity index is 0.00000192. The summed E-state index contributed by atoms with van der Waals surface area (Å²) >= 11 is 0. The van der Waals surface area contributed by atoms with Crippen LogP contribution < -0.4 is 10.1 Å². The first-order chi connectivity index (χ1) is 13.1. The van der Waals surface area contributed by atoms with Crippen molar-refractivity contribution >= 4 is 18.4 Å². The zero-order valence-electron chi connectivity index (χ0n) is 16.2. The van der Waals surface area contributed by atoms with E-state index in [1.807, 2.05) is 6.07 Å². The van der Waals surface area contributed by atoms with Gasteiger partial charge in [-0.15, -0.1) is 12.4 Å². The summed E-state index contributed by atoms with van der Waals surface area (Å²) in [6, 6.07) is 14.9. The lowest BCUT2D eigenvalue weighted by Gasteiger charge is -2.59. The average molecular weight is 400 g/mol. The largest absolute Gasteiger partial charge is 0.496 e. The Kier molecular flexibility index (Phi) is 4.48. The fraction of sp³-hybridized carbons (Fsp3) is 0.435. The SMILES string of the molecule is COc1cccc2c1C1CCC2(c2ccc(C)cc2)C2CNCC12C(=O)O.Cl. The van der Waals surface area contributed by atoms with Crippen molar-refractivity contribution in [3.63, 3.8) is 0 Å². The van der Waals surface area contributed by atoms with E-state index >= 15 is 0 Å². The van der Waals surface area contributed by atoms with Gasteiger partial charge in [0.25, 0.3) is 0 Å². The molecule has 1 aliphatic heterocycles. The molecule has 28 heavy (non-hydrogen) atoms. The van der Waals surface area contributed by atoms with Crippen LogP contribution in [0.15, 0.2) is 42.5 Å². The number of ether oxygens (including phenoxy) is 1.